The molecule has 172 valence electrons. The van der Waals surface area contributed by atoms with E-state index in [9.17, 15) is 4.79 Å². The quantitative estimate of drug-likeness (QED) is 0.379. The molecule has 0 atom stereocenters. The van der Waals surface area contributed by atoms with Crippen LogP contribution in [0.5, 0.6) is 11.5 Å². The van der Waals surface area contributed by atoms with Crippen LogP contribution in [-0.4, -0.2) is 60.6 Å². The molecule has 0 aliphatic rings. The molecule has 0 radical (unpaired) electrons. The van der Waals surface area contributed by atoms with E-state index in [2.05, 4.69) is 4.57 Å². The molecule has 0 unspecified atom stereocenters. The first-order valence-corrected chi connectivity index (χ1v) is 11.6. The predicted octanol–water partition coefficient (Wildman–Crippen LogP) is 4.49. The van der Waals surface area contributed by atoms with Crippen LogP contribution in [0.1, 0.15) is 12.5 Å². The van der Waals surface area contributed by atoms with Crippen molar-refractivity contribution >= 4 is 40.3 Å². The number of benzene rings is 2. The third-order valence-electron chi connectivity index (χ3n) is 5.07. The van der Waals surface area contributed by atoms with Crippen molar-refractivity contribution in [1.29, 1.82) is 0 Å². The van der Waals surface area contributed by atoms with Crippen LogP contribution in [0, 0.1) is 0 Å². The molecule has 7 nitrogen and oxygen atoms in total. The van der Waals surface area contributed by atoms with Gasteiger partial charge in [0.1, 0.15) is 0 Å². The summed E-state index contributed by atoms with van der Waals surface area (Å²) in [4.78, 5) is 19.5. The van der Waals surface area contributed by atoms with Gasteiger partial charge in [-0.05, 0) is 42.8 Å². The van der Waals surface area contributed by atoms with Crippen molar-refractivity contribution in [2.45, 2.75) is 25.2 Å². The Morgan fingerprint density at radius 1 is 1.12 bits per heavy atom. The summed E-state index contributed by atoms with van der Waals surface area (Å²) in [5.41, 5.74) is 2.75. The number of amides is 1. The molecule has 32 heavy (non-hydrogen) atoms. The van der Waals surface area contributed by atoms with Gasteiger partial charge in [0.15, 0.2) is 16.7 Å². The first-order valence-electron chi connectivity index (χ1n) is 10.3. The number of ether oxygens (including phenoxy) is 3. The molecular formula is C23H28ClN3O4S. The van der Waals surface area contributed by atoms with E-state index in [1.807, 2.05) is 48.2 Å². The van der Waals surface area contributed by atoms with Gasteiger partial charge < -0.3 is 23.7 Å². The number of aromatic nitrogens is 2. The lowest BCUT2D eigenvalue weighted by molar-refractivity contribution is -0.128. The van der Waals surface area contributed by atoms with Crippen LogP contribution in [0.25, 0.3) is 11.0 Å². The maximum absolute atomic E-state index is 13.0. The molecule has 1 amide bonds. The number of carbonyl (C=O) groups is 1. The second-order valence-electron chi connectivity index (χ2n) is 7.06. The van der Waals surface area contributed by atoms with E-state index in [1.54, 1.807) is 21.3 Å². The number of halogens is 1. The summed E-state index contributed by atoms with van der Waals surface area (Å²) in [6.07, 6.45) is 0. The van der Waals surface area contributed by atoms with Crippen molar-refractivity contribution < 1.29 is 19.0 Å². The molecule has 3 aromatic rings. The average Bonchev–Trinajstić information content (AvgIpc) is 3.15. The third kappa shape index (κ3) is 5.68. The largest absolute Gasteiger partial charge is 0.493 e. The minimum absolute atomic E-state index is 0.0377. The number of nitrogens with zero attached hydrogens (tertiary/aromatic N) is 3. The Balaban J connectivity index is 1.73. The second-order valence-corrected chi connectivity index (χ2v) is 8.44. The highest BCUT2D eigenvalue weighted by Gasteiger charge is 2.17. The SMILES string of the molecule is CCN(Cc1ccc(OC)c(OC)c1)C(=O)CSc1nc2cc(Cl)ccc2n1CCOC. The van der Waals surface area contributed by atoms with E-state index < -0.39 is 0 Å². The lowest BCUT2D eigenvalue weighted by Crippen LogP contribution is -2.31. The molecule has 1 aromatic heterocycles. The first kappa shape index (κ1) is 24.2. The molecule has 0 fully saturated rings. The van der Waals surface area contributed by atoms with Crippen molar-refractivity contribution in [1.82, 2.24) is 14.5 Å². The normalized spacial score (nSPS) is 11.0. The maximum atomic E-state index is 13.0. The fourth-order valence-electron chi connectivity index (χ4n) is 3.38. The highest BCUT2D eigenvalue weighted by Crippen LogP contribution is 2.29. The van der Waals surface area contributed by atoms with Gasteiger partial charge in [-0.25, -0.2) is 4.98 Å². The number of hydrogen-bond donors (Lipinski definition) is 0. The van der Waals surface area contributed by atoms with Gasteiger partial charge in [-0.3, -0.25) is 4.79 Å². The van der Waals surface area contributed by atoms with Gasteiger partial charge >= 0.3 is 0 Å². The Hall–Kier alpha value is -2.42. The molecule has 3 rings (SSSR count). The Morgan fingerprint density at radius 3 is 2.59 bits per heavy atom. The van der Waals surface area contributed by atoms with E-state index in [0.29, 0.717) is 42.8 Å². The number of hydrogen-bond acceptors (Lipinski definition) is 6. The molecule has 0 aliphatic carbocycles. The van der Waals surface area contributed by atoms with Crippen LogP contribution in [0.2, 0.25) is 5.02 Å². The van der Waals surface area contributed by atoms with Gasteiger partial charge in [0.05, 0.1) is 37.6 Å². The Labute approximate surface area is 197 Å². The predicted molar refractivity (Wildman–Crippen MR) is 128 cm³/mol. The van der Waals surface area contributed by atoms with Crippen molar-refractivity contribution in [3.8, 4) is 11.5 Å². The molecule has 0 bridgehead atoms. The summed E-state index contributed by atoms with van der Waals surface area (Å²) < 4.78 is 18.0. The molecule has 0 spiro atoms. The van der Waals surface area contributed by atoms with Crippen molar-refractivity contribution in [2.24, 2.45) is 0 Å². The lowest BCUT2D eigenvalue weighted by atomic mass is 10.2. The van der Waals surface area contributed by atoms with E-state index in [4.69, 9.17) is 30.8 Å². The molecule has 0 aliphatic heterocycles. The number of carbonyl (C=O) groups excluding carboxylic acids is 1. The van der Waals surface area contributed by atoms with Crippen LogP contribution < -0.4 is 9.47 Å². The zero-order chi connectivity index (χ0) is 23.1. The fraction of sp³-hybridized carbons (Fsp3) is 0.391. The minimum atomic E-state index is 0.0377. The number of thioether (sulfide) groups is 1. The van der Waals surface area contributed by atoms with E-state index in [0.717, 1.165) is 21.8 Å². The van der Waals surface area contributed by atoms with Crippen molar-refractivity contribution in [3.63, 3.8) is 0 Å². The van der Waals surface area contributed by atoms with Gasteiger partial charge in [-0.15, -0.1) is 0 Å². The van der Waals surface area contributed by atoms with Gasteiger partial charge in [0.2, 0.25) is 5.91 Å². The van der Waals surface area contributed by atoms with E-state index in [1.165, 1.54) is 11.8 Å². The summed E-state index contributed by atoms with van der Waals surface area (Å²) in [6, 6.07) is 11.3. The van der Waals surface area contributed by atoms with Crippen LogP contribution in [0.15, 0.2) is 41.6 Å². The second kappa shape index (κ2) is 11.4. The highest BCUT2D eigenvalue weighted by molar-refractivity contribution is 7.99. The monoisotopic (exact) mass is 477 g/mol. The van der Waals surface area contributed by atoms with Crippen molar-refractivity contribution in [2.75, 3.05) is 40.2 Å². The first-order chi connectivity index (χ1) is 15.5. The van der Waals surface area contributed by atoms with Crippen LogP contribution in [0.3, 0.4) is 0 Å². The standard InChI is InChI=1S/C23H28ClN3O4S/c1-5-26(14-16-6-9-20(30-3)21(12-16)31-4)22(28)15-32-23-25-18-13-17(24)7-8-19(18)27(23)10-11-29-2/h6-9,12-13H,5,10-11,14-15H2,1-4H3. The topological polar surface area (TPSA) is 65.8 Å². The van der Waals surface area contributed by atoms with Crippen LogP contribution in [-0.2, 0) is 22.6 Å². The number of rotatable bonds is 11. The summed E-state index contributed by atoms with van der Waals surface area (Å²) in [5.74, 6) is 1.63. The molecule has 9 heteroatoms. The molecule has 2 aromatic carbocycles. The molecule has 0 saturated heterocycles. The molecule has 0 saturated carbocycles. The van der Waals surface area contributed by atoms with Gasteiger partial charge in [-0.1, -0.05) is 29.4 Å². The Kier molecular flexibility index (Phi) is 8.67. The number of imidazole rings is 1. The average molecular weight is 478 g/mol. The highest BCUT2D eigenvalue weighted by atomic mass is 35.5. The summed E-state index contributed by atoms with van der Waals surface area (Å²) in [5, 5.41) is 1.41. The Bertz CT molecular complexity index is 1070. The zero-order valence-corrected chi connectivity index (χ0v) is 20.3. The van der Waals surface area contributed by atoms with Crippen LogP contribution in [0.4, 0.5) is 0 Å². The zero-order valence-electron chi connectivity index (χ0n) is 18.8. The lowest BCUT2D eigenvalue weighted by Gasteiger charge is -2.21. The third-order valence-corrected chi connectivity index (χ3v) is 6.27. The summed E-state index contributed by atoms with van der Waals surface area (Å²) >= 11 is 7.55. The smallest absolute Gasteiger partial charge is 0.233 e. The van der Waals surface area contributed by atoms with Gasteiger partial charge in [-0.2, -0.15) is 0 Å². The molecule has 1 heterocycles. The van der Waals surface area contributed by atoms with Gasteiger partial charge in [0.25, 0.3) is 0 Å². The summed E-state index contributed by atoms with van der Waals surface area (Å²) in [6.45, 7) is 4.26. The van der Waals surface area contributed by atoms with E-state index >= 15 is 0 Å². The summed E-state index contributed by atoms with van der Waals surface area (Å²) in [7, 11) is 4.87. The number of methoxy groups -OCH3 is 3. The number of fused-ring (bicyclic) bond motifs is 1. The van der Waals surface area contributed by atoms with E-state index in [-0.39, 0.29) is 11.7 Å². The minimum Gasteiger partial charge on any atom is -0.493 e. The van der Waals surface area contributed by atoms with Crippen molar-refractivity contribution in [3.05, 3.63) is 47.0 Å². The molecule has 0 N–H and O–H groups in total. The maximum Gasteiger partial charge on any atom is 0.233 e. The van der Waals surface area contributed by atoms with Gasteiger partial charge in [0, 0.05) is 31.8 Å². The van der Waals surface area contributed by atoms with Crippen LogP contribution >= 0.6 is 23.4 Å². The Morgan fingerprint density at radius 2 is 1.91 bits per heavy atom. The molecular weight excluding hydrogens is 450 g/mol. The fourth-order valence-corrected chi connectivity index (χ4v) is 4.49.